The maximum atomic E-state index is 10.2. The van der Waals surface area contributed by atoms with E-state index in [9.17, 15) is 5.11 Å². The number of rotatable bonds is 3. The molecule has 0 aliphatic carbocycles. The van der Waals surface area contributed by atoms with Crippen LogP contribution in [-0.4, -0.2) is 24.6 Å². The number of nitrogens with zero attached hydrogens (tertiary/aromatic N) is 4. The molecule has 1 N–H and O–H groups in total. The molecule has 5 nitrogen and oxygen atoms in total. The molecule has 130 valence electrons. The molecular formula is C22H16N4O. The number of aromatic nitrogens is 4. The van der Waals surface area contributed by atoms with E-state index in [2.05, 4.69) is 27.1 Å². The minimum Gasteiger partial charge on any atom is -0.507 e. The summed E-state index contributed by atoms with van der Waals surface area (Å²) in [5.41, 5.74) is 4.43. The molecule has 2 aromatic heterocycles. The Labute approximate surface area is 155 Å². The van der Waals surface area contributed by atoms with Crippen molar-refractivity contribution in [2.45, 2.75) is 6.54 Å². The van der Waals surface area contributed by atoms with Crippen LogP contribution in [0, 0.1) is 0 Å². The highest BCUT2D eigenvalue weighted by molar-refractivity contribution is 6.03. The Kier molecular flexibility index (Phi) is 3.57. The molecule has 0 fully saturated rings. The first-order valence-corrected chi connectivity index (χ1v) is 8.72. The van der Waals surface area contributed by atoms with Crippen molar-refractivity contribution in [3.05, 3.63) is 84.9 Å². The lowest BCUT2D eigenvalue weighted by molar-refractivity contribution is 0.481. The molecule has 0 aliphatic heterocycles. The number of fused-ring (bicyclic) bond motifs is 2. The second-order valence-corrected chi connectivity index (χ2v) is 6.43. The summed E-state index contributed by atoms with van der Waals surface area (Å²) in [7, 11) is 0. The van der Waals surface area contributed by atoms with Crippen molar-refractivity contribution >= 4 is 21.9 Å². The molecule has 0 unspecified atom stereocenters. The van der Waals surface area contributed by atoms with Crippen LogP contribution >= 0.6 is 0 Å². The van der Waals surface area contributed by atoms with E-state index in [1.54, 1.807) is 18.7 Å². The molecule has 0 bridgehead atoms. The fourth-order valence-corrected chi connectivity index (χ4v) is 3.46. The van der Waals surface area contributed by atoms with Gasteiger partial charge in [0.05, 0.1) is 12.9 Å². The Morgan fingerprint density at radius 1 is 0.778 bits per heavy atom. The number of phenolic OH excluding ortho intramolecular Hbond substituents is 1. The van der Waals surface area contributed by atoms with Crippen LogP contribution in [0.2, 0.25) is 0 Å². The van der Waals surface area contributed by atoms with Crippen LogP contribution in [0.1, 0.15) is 5.56 Å². The minimum atomic E-state index is 0.259. The molecule has 0 radical (unpaired) electrons. The van der Waals surface area contributed by atoms with Crippen LogP contribution in [0.3, 0.4) is 0 Å². The Hall–Kier alpha value is -3.73. The predicted molar refractivity (Wildman–Crippen MR) is 105 cm³/mol. The van der Waals surface area contributed by atoms with Crippen molar-refractivity contribution in [2.75, 3.05) is 0 Å². The molecule has 27 heavy (non-hydrogen) atoms. The van der Waals surface area contributed by atoms with E-state index in [1.165, 1.54) is 5.56 Å². The van der Waals surface area contributed by atoms with Gasteiger partial charge in [-0.1, -0.05) is 54.6 Å². The molecule has 5 aromatic rings. The van der Waals surface area contributed by atoms with Crippen LogP contribution in [0.5, 0.6) is 5.75 Å². The maximum Gasteiger partial charge on any atom is 0.164 e. The standard InChI is InChI=1S/C22H16N4O/c27-19-11-10-18(16-8-4-5-9-17(16)19)20-21-22(24-13-23-20)26(14-25-21)12-15-6-2-1-3-7-15/h1-11,13-14,27H,12H2. The molecule has 0 aliphatic rings. The number of benzene rings is 3. The SMILES string of the molecule is Oc1ccc(-c2ncnc3c2ncn3Cc2ccccc2)c2ccccc12. The van der Waals surface area contributed by atoms with Crippen molar-refractivity contribution in [3.63, 3.8) is 0 Å². The zero-order valence-corrected chi connectivity index (χ0v) is 14.4. The lowest BCUT2D eigenvalue weighted by Crippen LogP contribution is -1.99. The normalized spacial score (nSPS) is 11.3. The second kappa shape index (κ2) is 6.21. The zero-order valence-electron chi connectivity index (χ0n) is 14.4. The van der Waals surface area contributed by atoms with Gasteiger partial charge in [0.25, 0.3) is 0 Å². The molecule has 0 saturated carbocycles. The first-order chi connectivity index (χ1) is 13.3. The number of hydrogen-bond acceptors (Lipinski definition) is 4. The minimum absolute atomic E-state index is 0.259. The zero-order chi connectivity index (χ0) is 18.2. The van der Waals surface area contributed by atoms with Gasteiger partial charge in [0.15, 0.2) is 5.65 Å². The average Bonchev–Trinajstić information content (AvgIpc) is 3.13. The molecule has 2 heterocycles. The third kappa shape index (κ3) is 2.60. The second-order valence-electron chi connectivity index (χ2n) is 6.43. The highest BCUT2D eigenvalue weighted by Crippen LogP contribution is 2.35. The van der Waals surface area contributed by atoms with E-state index in [0.717, 1.165) is 33.2 Å². The van der Waals surface area contributed by atoms with E-state index in [4.69, 9.17) is 0 Å². The van der Waals surface area contributed by atoms with Crippen LogP contribution in [-0.2, 0) is 6.54 Å². The number of imidazole rings is 1. The summed E-state index contributed by atoms with van der Waals surface area (Å²) < 4.78 is 2.03. The van der Waals surface area contributed by atoms with Crippen LogP contribution < -0.4 is 0 Å². The van der Waals surface area contributed by atoms with Gasteiger partial charge in [-0.15, -0.1) is 0 Å². The Bertz CT molecular complexity index is 1260. The smallest absolute Gasteiger partial charge is 0.164 e. The predicted octanol–water partition coefficient (Wildman–Crippen LogP) is 4.40. The van der Waals surface area contributed by atoms with Crippen LogP contribution in [0.15, 0.2) is 79.4 Å². The fraction of sp³-hybridized carbons (Fsp3) is 0.0455. The number of hydrogen-bond donors (Lipinski definition) is 1. The average molecular weight is 352 g/mol. The molecular weight excluding hydrogens is 336 g/mol. The first-order valence-electron chi connectivity index (χ1n) is 8.72. The molecule has 0 spiro atoms. The molecule has 3 aromatic carbocycles. The van der Waals surface area contributed by atoms with Gasteiger partial charge in [0, 0.05) is 10.9 Å². The van der Waals surface area contributed by atoms with Crippen molar-refractivity contribution in [2.24, 2.45) is 0 Å². The summed E-state index contributed by atoms with van der Waals surface area (Å²) in [5, 5.41) is 11.9. The lowest BCUT2D eigenvalue weighted by Gasteiger charge is -2.08. The number of phenols is 1. The van der Waals surface area contributed by atoms with E-state index in [0.29, 0.717) is 6.54 Å². The molecule has 5 rings (SSSR count). The molecule has 0 saturated heterocycles. The highest BCUT2D eigenvalue weighted by atomic mass is 16.3. The van der Waals surface area contributed by atoms with Crippen molar-refractivity contribution in [3.8, 4) is 17.0 Å². The van der Waals surface area contributed by atoms with Gasteiger partial charge >= 0.3 is 0 Å². The largest absolute Gasteiger partial charge is 0.507 e. The Morgan fingerprint density at radius 2 is 1.56 bits per heavy atom. The molecule has 5 heteroatoms. The van der Waals surface area contributed by atoms with Crippen molar-refractivity contribution < 1.29 is 5.11 Å². The van der Waals surface area contributed by atoms with Crippen molar-refractivity contribution in [1.29, 1.82) is 0 Å². The third-order valence-corrected chi connectivity index (χ3v) is 4.75. The van der Waals surface area contributed by atoms with Crippen LogP contribution in [0.25, 0.3) is 33.2 Å². The highest BCUT2D eigenvalue weighted by Gasteiger charge is 2.15. The maximum absolute atomic E-state index is 10.2. The van der Waals surface area contributed by atoms with Gasteiger partial charge in [-0.3, -0.25) is 0 Å². The summed E-state index contributed by atoms with van der Waals surface area (Å²) in [6.07, 6.45) is 3.38. The molecule has 0 atom stereocenters. The summed E-state index contributed by atoms with van der Waals surface area (Å²) in [6, 6.07) is 21.6. The quantitative estimate of drug-likeness (QED) is 0.523. The topological polar surface area (TPSA) is 63.8 Å². The fourth-order valence-electron chi connectivity index (χ4n) is 3.46. The van der Waals surface area contributed by atoms with Gasteiger partial charge in [0.1, 0.15) is 23.3 Å². The monoisotopic (exact) mass is 352 g/mol. The summed E-state index contributed by atoms with van der Waals surface area (Å²) in [6.45, 7) is 0.699. The van der Waals surface area contributed by atoms with Gasteiger partial charge in [-0.25, -0.2) is 15.0 Å². The van der Waals surface area contributed by atoms with Gasteiger partial charge in [0.2, 0.25) is 0 Å². The Balaban J connectivity index is 1.69. The van der Waals surface area contributed by atoms with E-state index in [1.807, 2.05) is 53.1 Å². The summed E-state index contributed by atoms with van der Waals surface area (Å²) in [5.74, 6) is 0.259. The third-order valence-electron chi connectivity index (χ3n) is 4.75. The van der Waals surface area contributed by atoms with E-state index in [-0.39, 0.29) is 5.75 Å². The summed E-state index contributed by atoms with van der Waals surface area (Å²) >= 11 is 0. The van der Waals surface area contributed by atoms with Crippen LogP contribution in [0.4, 0.5) is 0 Å². The summed E-state index contributed by atoms with van der Waals surface area (Å²) in [4.78, 5) is 13.6. The number of aromatic hydroxyl groups is 1. The van der Waals surface area contributed by atoms with Crippen molar-refractivity contribution in [1.82, 2.24) is 19.5 Å². The Morgan fingerprint density at radius 3 is 2.41 bits per heavy atom. The lowest BCUT2D eigenvalue weighted by atomic mass is 10.0. The van der Waals surface area contributed by atoms with E-state index < -0.39 is 0 Å². The van der Waals surface area contributed by atoms with Gasteiger partial charge in [-0.05, 0) is 23.1 Å². The van der Waals surface area contributed by atoms with E-state index >= 15 is 0 Å². The molecule has 0 amide bonds. The van der Waals surface area contributed by atoms with Gasteiger partial charge < -0.3 is 9.67 Å². The first kappa shape index (κ1) is 15.5. The van der Waals surface area contributed by atoms with Gasteiger partial charge in [-0.2, -0.15) is 0 Å².